The fourth-order valence-corrected chi connectivity index (χ4v) is 0.470. The molecule has 10 heavy (non-hydrogen) atoms. The minimum atomic E-state index is -4.14. The molecule has 0 aromatic rings. The summed E-state index contributed by atoms with van der Waals surface area (Å²) in [5.41, 5.74) is 0. The van der Waals surface area contributed by atoms with Gasteiger partial charge in [0.2, 0.25) is 0 Å². The SMILES string of the molecule is COC(C)C(C)C(F)(F)F. The van der Waals surface area contributed by atoms with Crippen LogP contribution in [-0.4, -0.2) is 19.4 Å². The lowest BCUT2D eigenvalue weighted by Gasteiger charge is -2.20. The van der Waals surface area contributed by atoms with E-state index in [0.29, 0.717) is 0 Å². The molecule has 0 N–H and O–H groups in total. The van der Waals surface area contributed by atoms with Crippen molar-refractivity contribution in [3.8, 4) is 0 Å². The highest BCUT2D eigenvalue weighted by Crippen LogP contribution is 2.28. The minimum absolute atomic E-state index is 0.764. The molecule has 4 heteroatoms. The van der Waals surface area contributed by atoms with E-state index in [1.165, 1.54) is 14.0 Å². The molecule has 0 saturated carbocycles. The van der Waals surface area contributed by atoms with Crippen molar-refractivity contribution >= 4 is 0 Å². The Labute approximate surface area is 58.2 Å². The topological polar surface area (TPSA) is 9.23 Å². The van der Waals surface area contributed by atoms with Crippen LogP contribution in [0.1, 0.15) is 13.8 Å². The van der Waals surface area contributed by atoms with Crippen molar-refractivity contribution in [1.29, 1.82) is 0 Å². The van der Waals surface area contributed by atoms with Crippen LogP contribution in [0.15, 0.2) is 0 Å². The fraction of sp³-hybridized carbons (Fsp3) is 1.00. The first kappa shape index (κ1) is 9.75. The molecule has 2 unspecified atom stereocenters. The summed E-state index contributed by atoms with van der Waals surface area (Å²) in [7, 11) is 1.27. The van der Waals surface area contributed by atoms with Crippen molar-refractivity contribution in [3.63, 3.8) is 0 Å². The first-order chi connectivity index (χ1) is 4.39. The molecule has 0 radical (unpaired) electrons. The Morgan fingerprint density at radius 3 is 1.70 bits per heavy atom. The number of halogens is 3. The summed E-state index contributed by atoms with van der Waals surface area (Å²) >= 11 is 0. The van der Waals surface area contributed by atoms with E-state index in [-0.39, 0.29) is 0 Å². The molecule has 0 saturated heterocycles. The van der Waals surface area contributed by atoms with Gasteiger partial charge in [-0.3, -0.25) is 0 Å². The Hall–Kier alpha value is -0.250. The second-order valence-corrected chi connectivity index (χ2v) is 2.27. The van der Waals surface area contributed by atoms with Crippen LogP contribution in [0, 0.1) is 5.92 Å². The van der Waals surface area contributed by atoms with Gasteiger partial charge in [0.15, 0.2) is 0 Å². The van der Waals surface area contributed by atoms with Gasteiger partial charge in [0, 0.05) is 7.11 Å². The number of ether oxygens (including phenoxy) is 1. The lowest BCUT2D eigenvalue weighted by molar-refractivity contribution is -0.195. The van der Waals surface area contributed by atoms with E-state index < -0.39 is 18.2 Å². The molecule has 0 aliphatic rings. The molecule has 0 aromatic carbocycles. The zero-order valence-corrected chi connectivity index (χ0v) is 6.20. The lowest BCUT2D eigenvalue weighted by Crippen LogP contribution is -2.30. The molecular formula is C6H11F3O. The zero-order chi connectivity index (χ0) is 8.36. The predicted octanol–water partition coefficient (Wildman–Crippen LogP) is 2.22. The van der Waals surface area contributed by atoms with Crippen molar-refractivity contribution in [2.24, 2.45) is 5.92 Å². The molecule has 0 rings (SSSR count). The van der Waals surface area contributed by atoms with Gasteiger partial charge in [-0.1, -0.05) is 6.92 Å². The molecule has 0 spiro atoms. The monoisotopic (exact) mass is 156 g/mol. The number of methoxy groups -OCH3 is 1. The van der Waals surface area contributed by atoms with E-state index in [1.807, 2.05) is 0 Å². The Balaban J connectivity index is 3.94. The van der Waals surface area contributed by atoms with E-state index in [0.717, 1.165) is 6.92 Å². The highest BCUT2D eigenvalue weighted by atomic mass is 19.4. The van der Waals surface area contributed by atoms with Gasteiger partial charge < -0.3 is 4.74 Å². The molecule has 0 amide bonds. The smallest absolute Gasteiger partial charge is 0.381 e. The minimum Gasteiger partial charge on any atom is -0.381 e. The number of rotatable bonds is 2. The van der Waals surface area contributed by atoms with Crippen molar-refractivity contribution in [2.75, 3.05) is 7.11 Å². The van der Waals surface area contributed by atoms with Gasteiger partial charge in [0.1, 0.15) is 0 Å². The summed E-state index contributed by atoms with van der Waals surface area (Å²) in [6.45, 7) is 2.51. The van der Waals surface area contributed by atoms with Crippen LogP contribution in [0.2, 0.25) is 0 Å². The molecule has 0 aromatic heterocycles. The van der Waals surface area contributed by atoms with Gasteiger partial charge in [-0.05, 0) is 6.92 Å². The van der Waals surface area contributed by atoms with Crippen LogP contribution in [0.4, 0.5) is 13.2 Å². The third-order valence-electron chi connectivity index (χ3n) is 1.59. The maximum Gasteiger partial charge on any atom is 0.394 e. The summed E-state index contributed by atoms with van der Waals surface area (Å²) < 4.78 is 39.9. The first-order valence-electron chi connectivity index (χ1n) is 2.99. The molecule has 2 atom stereocenters. The lowest BCUT2D eigenvalue weighted by atomic mass is 10.1. The third-order valence-corrected chi connectivity index (χ3v) is 1.59. The molecule has 1 nitrogen and oxygen atoms in total. The van der Waals surface area contributed by atoms with Gasteiger partial charge in [0.25, 0.3) is 0 Å². The highest BCUT2D eigenvalue weighted by Gasteiger charge is 2.39. The van der Waals surface area contributed by atoms with Crippen molar-refractivity contribution in [3.05, 3.63) is 0 Å². The Morgan fingerprint density at radius 1 is 1.20 bits per heavy atom. The first-order valence-corrected chi connectivity index (χ1v) is 2.99. The summed E-state index contributed by atoms with van der Waals surface area (Å²) in [5, 5.41) is 0. The molecule has 0 aliphatic heterocycles. The third kappa shape index (κ3) is 2.56. The second-order valence-electron chi connectivity index (χ2n) is 2.27. The van der Waals surface area contributed by atoms with E-state index in [9.17, 15) is 13.2 Å². The van der Waals surface area contributed by atoms with Crippen LogP contribution in [0.25, 0.3) is 0 Å². The summed E-state index contributed by atoms with van der Waals surface area (Å²) in [4.78, 5) is 0. The molecule has 0 aliphatic carbocycles. The molecule has 0 bridgehead atoms. The van der Waals surface area contributed by atoms with Crippen molar-refractivity contribution in [1.82, 2.24) is 0 Å². The van der Waals surface area contributed by atoms with Crippen LogP contribution < -0.4 is 0 Å². The largest absolute Gasteiger partial charge is 0.394 e. The Morgan fingerprint density at radius 2 is 1.60 bits per heavy atom. The quantitative estimate of drug-likeness (QED) is 0.595. The standard InChI is InChI=1S/C6H11F3O/c1-4(5(2)10-3)6(7,8)9/h4-5H,1-3H3. The summed E-state index contributed by atoms with van der Waals surface area (Å²) in [6.07, 6.45) is -4.91. The molecule has 62 valence electrons. The number of alkyl halides is 3. The van der Waals surface area contributed by atoms with Crippen molar-refractivity contribution < 1.29 is 17.9 Å². The summed E-state index contributed by atoms with van der Waals surface area (Å²) in [5.74, 6) is -1.39. The van der Waals surface area contributed by atoms with Crippen LogP contribution in [-0.2, 0) is 4.74 Å². The van der Waals surface area contributed by atoms with Crippen molar-refractivity contribution in [2.45, 2.75) is 26.1 Å². The van der Waals surface area contributed by atoms with Gasteiger partial charge in [-0.15, -0.1) is 0 Å². The van der Waals surface area contributed by atoms with Gasteiger partial charge >= 0.3 is 6.18 Å². The summed E-state index contributed by atoms with van der Waals surface area (Å²) in [6, 6.07) is 0. The maximum absolute atomic E-state index is 11.8. The van der Waals surface area contributed by atoms with E-state index in [1.54, 1.807) is 0 Å². The molecule has 0 heterocycles. The van der Waals surface area contributed by atoms with E-state index in [2.05, 4.69) is 4.74 Å². The second kappa shape index (κ2) is 3.23. The Kier molecular flexibility index (Phi) is 3.15. The van der Waals surface area contributed by atoms with Crippen LogP contribution in [0.5, 0.6) is 0 Å². The van der Waals surface area contributed by atoms with Crippen LogP contribution >= 0.6 is 0 Å². The van der Waals surface area contributed by atoms with E-state index >= 15 is 0 Å². The normalized spacial score (nSPS) is 18.6. The van der Waals surface area contributed by atoms with E-state index in [4.69, 9.17) is 0 Å². The Bertz CT molecular complexity index is 99.7. The van der Waals surface area contributed by atoms with Crippen LogP contribution in [0.3, 0.4) is 0 Å². The highest BCUT2D eigenvalue weighted by molar-refractivity contribution is 4.68. The number of hydrogen-bond donors (Lipinski definition) is 0. The maximum atomic E-state index is 11.8. The predicted molar refractivity (Wildman–Crippen MR) is 31.7 cm³/mol. The van der Waals surface area contributed by atoms with Gasteiger partial charge in [0.05, 0.1) is 12.0 Å². The molecule has 0 fully saturated rings. The number of hydrogen-bond acceptors (Lipinski definition) is 1. The van der Waals surface area contributed by atoms with Gasteiger partial charge in [-0.2, -0.15) is 13.2 Å². The average molecular weight is 156 g/mol. The molecular weight excluding hydrogens is 145 g/mol. The zero-order valence-electron chi connectivity index (χ0n) is 6.20. The average Bonchev–Trinajstić information content (AvgIpc) is 1.83. The van der Waals surface area contributed by atoms with Gasteiger partial charge in [-0.25, -0.2) is 0 Å². The fourth-order valence-electron chi connectivity index (χ4n) is 0.470.